The minimum atomic E-state index is 0.561. The van der Waals surface area contributed by atoms with Crippen molar-refractivity contribution in [1.29, 1.82) is 0 Å². The number of hydrogen-bond acceptors (Lipinski definition) is 5. The number of nitrogens with one attached hydrogen (secondary N) is 1. The van der Waals surface area contributed by atoms with Crippen molar-refractivity contribution >= 4 is 0 Å². The van der Waals surface area contributed by atoms with Gasteiger partial charge in [-0.25, -0.2) is 0 Å². The zero-order chi connectivity index (χ0) is 14.6. The first-order valence-corrected chi connectivity index (χ1v) is 6.95. The highest BCUT2D eigenvalue weighted by Crippen LogP contribution is 2.36. The normalized spacial score (nSPS) is 10.3. The van der Waals surface area contributed by atoms with Crippen molar-refractivity contribution in [1.82, 2.24) is 5.32 Å². The molecule has 1 rings (SSSR count). The number of rotatable bonds is 11. The minimum absolute atomic E-state index is 0.561. The summed E-state index contributed by atoms with van der Waals surface area (Å²) in [5.74, 6) is 2.01. The molecule has 0 aromatic heterocycles. The molecule has 0 saturated carbocycles. The highest BCUT2D eigenvalue weighted by Gasteiger charge is 2.10. The summed E-state index contributed by atoms with van der Waals surface area (Å²) in [6.45, 7) is 5.83. The summed E-state index contributed by atoms with van der Waals surface area (Å²) >= 11 is 0. The molecule has 20 heavy (non-hydrogen) atoms. The number of benzene rings is 1. The standard InChI is InChI=1S/C15H25NO4/c1-4-19-11-6-9-16-10-12-20-15-13(17-2)7-5-8-14(15)18-3/h5,7-8,16H,4,6,9-12H2,1-3H3. The highest BCUT2D eigenvalue weighted by atomic mass is 16.5. The maximum absolute atomic E-state index is 5.73. The van der Waals surface area contributed by atoms with Crippen LogP contribution in [0.5, 0.6) is 17.2 Å². The fourth-order valence-electron chi connectivity index (χ4n) is 1.75. The van der Waals surface area contributed by atoms with Gasteiger partial charge in [-0.15, -0.1) is 0 Å². The molecule has 1 aromatic carbocycles. The molecule has 0 fully saturated rings. The van der Waals surface area contributed by atoms with Crippen molar-refractivity contribution in [3.8, 4) is 17.2 Å². The van der Waals surface area contributed by atoms with Gasteiger partial charge in [0.25, 0.3) is 0 Å². The highest BCUT2D eigenvalue weighted by molar-refractivity contribution is 5.51. The van der Waals surface area contributed by atoms with Gasteiger partial charge in [-0.1, -0.05) is 6.07 Å². The van der Waals surface area contributed by atoms with Crippen LogP contribution in [0.2, 0.25) is 0 Å². The van der Waals surface area contributed by atoms with Gasteiger partial charge in [0.1, 0.15) is 6.61 Å². The van der Waals surface area contributed by atoms with Crippen LogP contribution in [0.1, 0.15) is 13.3 Å². The second-order valence-electron chi connectivity index (χ2n) is 4.14. The van der Waals surface area contributed by atoms with Gasteiger partial charge in [0.15, 0.2) is 11.5 Å². The Morgan fingerprint density at radius 1 is 1.00 bits per heavy atom. The Balaban J connectivity index is 2.27. The summed E-state index contributed by atoms with van der Waals surface area (Å²) in [5, 5.41) is 3.30. The first-order valence-electron chi connectivity index (χ1n) is 6.95. The average Bonchev–Trinajstić information content (AvgIpc) is 2.49. The first-order chi connectivity index (χ1) is 9.83. The van der Waals surface area contributed by atoms with Crippen LogP contribution in [0, 0.1) is 0 Å². The number of methoxy groups -OCH3 is 2. The van der Waals surface area contributed by atoms with Gasteiger partial charge in [-0.05, 0) is 32.0 Å². The molecule has 0 spiro atoms. The van der Waals surface area contributed by atoms with E-state index in [1.54, 1.807) is 14.2 Å². The molecular weight excluding hydrogens is 258 g/mol. The number of para-hydroxylation sites is 1. The molecular formula is C15H25NO4. The van der Waals surface area contributed by atoms with E-state index in [4.69, 9.17) is 18.9 Å². The second-order valence-corrected chi connectivity index (χ2v) is 4.14. The van der Waals surface area contributed by atoms with Crippen molar-refractivity contribution in [2.45, 2.75) is 13.3 Å². The Bertz CT molecular complexity index is 349. The van der Waals surface area contributed by atoms with Crippen LogP contribution in [0.15, 0.2) is 18.2 Å². The number of hydrogen-bond donors (Lipinski definition) is 1. The van der Waals surface area contributed by atoms with E-state index < -0.39 is 0 Å². The lowest BCUT2D eigenvalue weighted by Crippen LogP contribution is -2.23. The zero-order valence-electron chi connectivity index (χ0n) is 12.6. The minimum Gasteiger partial charge on any atom is -0.493 e. The Morgan fingerprint density at radius 2 is 1.70 bits per heavy atom. The fraction of sp³-hybridized carbons (Fsp3) is 0.600. The Hall–Kier alpha value is -1.46. The molecule has 0 aliphatic rings. The quantitative estimate of drug-likeness (QED) is 0.630. The van der Waals surface area contributed by atoms with Crippen LogP contribution in [0.3, 0.4) is 0 Å². The molecule has 0 heterocycles. The molecule has 5 heteroatoms. The fourth-order valence-corrected chi connectivity index (χ4v) is 1.75. The summed E-state index contributed by atoms with van der Waals surface area (Å²) < 4.78 is 21.5. The van der Waals surface area contributed by atoms with Gasteiger partial charge < -0.3 is 24.3 Å². The van der Waals surface area contributed by atoms with Gasteiger partial charge in [0.2, 0.25) is 5.75 Å². The number of ether oxygens (including phenoxy) is 4. The predicted molar refractivity (Wildman–Crippen MR) is 79.0 cm³/mol. The lowest BCUT2D eigenvalue weighted by molar-refractivity contribution is 0.144. The molecule has 1 aromatic rings. The maximum atomic E-state index is 5.73. The molecule has 0 amide bonds. The molecule has 0 radical (unpaired) electrons. The summed E-state index contributed by atoms with van der Waals surface area (Å²) in [6, 6.07) is 5.58. The molecule has 0 atom stereocenters. The lowest BCUT2D eigenvalue weighted by Gasteiger charge is -2.14. The molecule has 5 nitrogen and oxygen atoms in total. The van der Waals surface area contributed by atoms with Crippen LogP contribution >= 0.6 is 0 Å². The lowest BCUT2D eigenvalue weighted by atomic mass is 10.3. The van der Waals surface area contributed by atoms with E-state index in [1.807, 2.05) is 25.1 Å². The third-order valence-corrected chi connectivity index (χ3v) is 2.75. The van der Waals surface area contributed by atoms with Gasteiger partial charge in [-0.2, -0.15) is 0 Å². The molecule has 114 valence electrons. The third kappa shape index (κ3) is 5.67. The van der Waals surface area contributed by atoms with E-state index >= 15 is 0 Å². The SMILES string of the molecule is CCOCCCNCCOc1c(OC)cccc1OC. The Labute approximate surface area is 121 Å². The van der Waals surface area contributed by atoms with Crippen molar-refractivity contribution in [2.75, 3.05) is 47.1 Å². The van der Waals surface area contributed by atoms with Crippen LogP contribution < -0.4 is 19.5 Å². The predicted octanol–water partition coefficient (Wildman–Crippen LogP) is 2.10. The summed E-state index contributed by atoms with van der Waals surface area (Å²) in [5.41, 5.74) is 0. The summed E-state index contributed by atoms with van der Waals surface area (Å²) in [6.07, 6.45) is 1.01. The van der Waals surface area contributed by atoms with Crippen LogP contribution in [-0.4, -0.2) is 47.1 Å². The van der Waals surface area contributed by atoms with E-state index in [-0.39, 0.29) is 0 Å². The second kappa shape index (κ2) is 10.3. The van der Waals surface area contributed by atoms with E-state index in [1.165, 1.54) is 0 Å². The Morgan fingerprint density at radius 3 is 2.30 bits per heavy atom. The molecule has 0 unspecified atom stereocenters. The summed E-state index contributed by atoms with van der Waals surface area (Å²) in [4.78, 5) is 0. The molecule has 1 N–H and O–H groups in total. The van der Waals surface area contributed by atoms with Crippen LogP contribution in [0.4, 0.5) is 0 Å². The summed E-state index contributed by atoms with van der Waals surface area (Å²) in [7, 11) is 3.24. The van der Waals surface area contributed by atoms with Crippen LogP contribution in [0.25, 0.3) is 0 Å². The van der Waals surface area contributed by atoms with Gasteiger partial charge in [-0.3, -0.25) is 0 Å². The Kier molecular flexibility index (Phi) is 8.58. The smallest absolute Gasteiger partial charge is 0.203 e. The third-order valence-electron chi connectivity index (χ3n) is 2.75. The monoisotopic (exact) mass is 283 g/mol. The largest absolute Gasteiger partial charge is 0.493 e. The van der Waals surface area contributed by atoms with Crippen molar-refractivity contribution in [2.24, 2.45) is 0 Å². The van der Waals surface area contributed by atoms with Gasteiger partial charge in [0, 0.05) is 19.8 Å². The first kappa shape index (κ1) is 16.6. The van der Waals surface area contributed by atoms with Crippen LogP contribution in [-0.2, 0) is 4.74 Å². The topological polar surface area (TPSA) is 49.0 Å². The van der Waals surface area contributed by atoms with Crippen molar-refractivity contribution in [3.05, 3.63) is 18.2 Å². The maximum Gasteiger partial charge on any atom is 0.203 e. The molecule has 0 aliphatic heterocycles. The van der Waals surface area contributed by atoms with Gasteiger partial charge >= 0.3 is 0 Å². The van der Waals surface area contributed by atoms with E-state index in [9.17, 15) is 0 Å². The van der Waals surface area contributed by atoms with Crippen molar-refractivity contribution < 1.29 is 18.9 Å². The van der Waals surface area contributed by atoms with E-state index in [2.05, 4.69) is 5.32 Å². The molecule has 0 aliphatic carbocycles. The zero-order valence-corrected chi connectivity index (χ0v) is 12.6. The average molecular weight is 283 g/mol. The van der Waals surface area contributed by atoms with E-state index in [0.717, 1.165) is 32.7 Å². The van der Waals surface area contributed by atoms with Gasteiger partial charge in [0.05, 0.1) is 14.2 Å². The molecule has 0 bridgehead atoms. The van der Waals surface area contributed by atoms with E-state index in [0.29, 0.717) is 23.9 Å². The van der Waals surface area contributed by atoms with Crippen molar-refractivity contribution in [3.63, 3.8) is 0 Å². The molecule has 0 saturated heterocycles.